The van der Waals surface area contributed by atoms with Gasteiger partial charge in [0.1, 0.15) is 6.04 Å². The Morgan fingerprint density at radius 2 is 2.12 bits per heavy atom. The summed E-state index contributed by atoms with van der Waals surface area (Å²) in [5.74, 6) is -0.119. The van der Waals surface area contributed by atoms with E-state index in [-0.39, 0.29) is 25.1 Å². The van der Waals surface area contributed by atoms with E-state index in [1.54, 1.807) is 11.5 Å². The van der Waals surface area contributed by atoms with Gasteiger partial charge in [0.2, 0.25) is 5.91 Å². The fourth-order valence-electron chi connectivity index (χ4n) is 1.36. The maximum atomic E-state index is 11.7. The molecule has 0 aliphatic rings. The number of aromatic nitrogens is 1. The highest BCUT2D eigenvalue weighted by molar-refractivity contribution is 5.79. The summed E-state index contributed by atoms with van der Waals surface area (Å²) >= 11 is 0. The molecule has 1 amide bonds. The van der Waals surface area contributed by atoms with E-state index in [1.165, 1.54) is 7.11 Å². The number of carbonyl (C=O) groups excluding carboxylic acids is 1. The number of methoxy groups -OCH3 is 1. The van der Waals surface area contributed by atoms with Gasteiger partial charge in [-0.1, -0.05) is 0 Å². The van der Waals surface area contributed by atoms with Crippen molar-refractivity contribution in [1.29, 1.82) is 0 Å². The summed E-state index contributed by atoms with van der Waals surface area (Å²) < 4.78 is 6.57. The SMILES string of the molecule is COCC(O)CNC(=O)C(C)n1cccc1. The molecular weight excluding hydrogens is 208 g/mol. The second-order valence-corrected chi connectivity index (χ2v) is 3.66. The van der Waals surface area contributed by atoms with E-state index < -0.39 is 6.10 Å². The minimum atomic E-state index is -0.661. The first-order valence-corrected chi connectivity index (χ1v) is 5.22. The number of hydrogen-bond acceptors (Lipinski definition) is 3. The van der Waals surface area contributed by atoms with Crippen LogP contribution in [-0.4, -0.2) is 41.9 Å². The minimum Gasteiger partial charge on any atom is -0.389 e. The minimum absolute atomic E-state index is 0.119. The summed E-state index contributed by atoms with van der Waals surface area (Å²) in [4.78, 5) is 11.7. The number of amides is 1. The van der Waals surface area contributed by atoms with Gasteiger partial charge < -0.3 is 19.7 Å². The molecule has 1 rings (SSSR count). The third-order valence-corrected chi connectivity index (χ3v) is 2.33. The van der Waals surface area contributed by atoms with Crippen molar-refractivity contribution in [1.82, 2.24) is 9.88 Å². The van der Waals surface area contributed by atoms with Gasteiger partial charge in [0.25, 0.3) is 0 Å². The third kappa shape index (κ3) is 3.67. The first-order chi connectivity index (χ1) is 7.65. The van der Waals surface area contributed by atoms with Crippen LogP contribution >= 0.6 is 0 Å². The van der Waals surface area contributed by atoms with Gasteiger partial charge in [-0.25, -0.2) is 0 Å². The molecule has 0 fully saturated rings. The van der Waals surface area contributed by atoms with E-state index in [0.717, 1.165) is 0 Å². The first-order valence-electron chi connectivity index (χ1n) is 5.22. The number of hydrogen-bond donors (Lipinski definition) is 2. The van der Waals surface area contributed by atoms with Crippen LogP contribution in [0, 0.1) is 0 Å². The number of aliphatic hydroxyl groups is 1. The molecule has 0 radical (unpaired) electrons. The molecule has 0 aliphatic heterocycles. The lowest BCUT2D eigenvalue weighted by atomic mass is 10.3. The molecule has 1 heterocycles. The van der Waals surface area contributed by atoms with Crippen LogP contribution in [-0.2, 0) is 9.53 Å². The molecule has 0 aliphatic carbocycles. The van der Waals surface area contributed by atoms with Crippen molar-refractivity contribution in [3.63, 3.8) is 0 Å². The smallest absolute Gasteiger partial charge is 0.242 e. The maximum absolute atomic E-state index is 11.7. The van der Waals surface area contributed by atoms with Crippen LogP contribution in [0.3, 0.4) is 0 Å². The second kappa shape index (κ2) is 6.30. The predicted molar refractivity (Wildman–Crippen MR) is 60.0 cm³/mol. The summed E-state index contributed by atoms with van der Waals surface area (Å²) in [7, 11) is 1.51. The number of rotatable bonds is 6. The van der Waals surface area contributed by atoms with Crippen molar-refractivity contribution >= 4 is 5.91 Å². The lowest BCUT2D eigenvalue weighted by Gasteiger charge is -2.15. The second-order valence-electron chi connectivity index (χ2n) is 3.66. The van der Waals surface area contributed by atoms with Crippen LogP contribution in [0.4, 0.5) is 0 Å². The van der Waals surface area contributed by atoms with Crippen molar-refractivity contribution in [2.75, 3.05) is 20.3 Å². The van der Waals surface area contributed by atoms with Crippen molar-refractivity contribution in [3.05, 3.63) is 24.5 Å². The Hall–Kier alpha value is -1.33. The van der Waals surface area contributed by atoms with Crippen LogP contribution in [0.2, 0.25) is 0 Å². The van der Waals surface area contributed by atoms with Gasteiger partial charge in [-0.15, -0.1) is 0 Å². The van der Waals surface area contributed by atoms with Crippen LogP contribution in [0.15, 0.2) is 24.5 Å². The molecule has 0 saturated carbocycles. The molecule has 0 spiro atoms. The monoisotopic (exact) mass is 226 g/mol. The fourth-order valence-corrected chi connectivity index (χ4v) is 1.36. The van der Waals surface area contributed by atoms with E-state index in [0.29, 0.717) is 0 Å². The fraction of sp³-hybridized carbons (Fsp3) is 0.545. The Kier molecular flexibility index (Phi) is 5.01. The molecule has 2 unspecified atom stereocenters. The lowest BCUT2D eigenvalue weighted by Crippen LogP contribution is -2.37. The quantitative estimate of drug-likeness (QED) is 0.727. The van der Waals surface area contributed by atoms with Gasteiger partial charge in [-0.3, -0.25) is 4.79 Å². The van der Waals surface area contributed by atoms with Crippen LogP contribution in [0.5, 0.6) is 0 Å². The lowest BCUT2D eigenvalue weighted by molar-refractivity contribution is -0.124. The molecular formula is C11H18N2O3. The van der Waals surface area contributed by atoms with Gasteiger partial charge >= 0.3 is 0 Å². The number of carbonyl (C=O) groups is 1. The Bertz CT molecular complexity index is 311. The topological polar surface area (TPSA) is 63.5 Å². The molecule has 2 N–H and O–H groups in total. The zero-order valence-corrected chi connectivity index (χ0v) is 9.59. The van der Waals surface area contributed by atoms with Gasteiger partial charge in [-0.05, 0) is 19.1 Å². The number of nitrogens with one attached hydrogen (secondary N) is 1. The summed E-state index contributed by atoms with van der Waals surface area (Å²) in [5, 5.41) is 12.0. The third-order valence-electron chi connectivity index (χ3n) is 2.33. The summed E-state index contributed by atoms with van der Waals surface area (Å²) in [5.41, 5.74) is 0. The Morgan fingerprint density at radius 3 is 2.69 bits per heavy atom. The standard InChI is InChI=1S/C11H18N2O3/c1-9(13-5-3-4-6-13)11(15)12-7-10(14)8-16-2/h3-6,9-10,14H,7-8H2,1-2H3,(H,12,15). The van der Waals surface area contributed by atoms with Crippen molar-refractivity contribution < 1.29 is 14.6 Å². The molecule has 2 atom stereocenters. The number of aliphatic hydroxyl groups excluding tert-OH is 1. The van der Waals surface area contributed by atoms with Crippen molar-refractivity contribution in [2.24, 2.45) is 0 Å². The number of nitrogens with zero attached hydrogens (tertiary/aromatic N) is 1. The van der Waals surface area contributed by atoms with Gasteiger partial charge in [0.05, 0.1) is 12.7 Å². The van der Waals surface area contributed by atoms with E-state index in [9.17, 15) is 9.90 Å². The van der Waals surface area contributed by atoms with Crippen LogP contribution in [0.25, 0.3) is 0 Å². The van der Waals surface area contributed by atoms with E-state index in [2.05, 4.69) is 5.32 Å². The van der Waals surface area contributed by atoms with E-state index >= 15 is 0 Å². The predicted octanol–water partition coefficient (Wildman–Crippen LogP) is 0.173. The first kappa shape index (κ1) is 12.7. The molecule has 5 heteroatoms. The highest BCUT2D eigenvalue weighted by Gasteiger charge is 2.14. The molecule has 90 valence electrons. The molecule has 0 saturated heterocycles. The van der Waals surface area contributed by atoms with Gasteiger partial charge in [0, 0.05) is 26.0 Å². The zero-order valence-electron chi connectivity index (χ0n) is 9.59. The maximum Gasteiger partial charge on any atom is 0.242 e. The van der Waals surface area contributed by atoms with Crippen LogP contribution in [0.1, 0.15) is 13.0 Å². The average Bonchev–Trinajstić information content (AvgIpc) is 2.78. The summed E-state index contributed by atoms with van der Waals surface area (Å²) in [6, 6.07) is 3.46. The molecule has 0 aromatic carbocycles. The molecule has 0 bridgehead atoms. The average molecular weight is 226 g/mol. The summed E-state index contributed by atoms with van der Waals surface area (Å²) in [6.07, 6.45) is 3.00. The zero-order chi connectivity index (χ0) is 12.0. The Morgan fingerprint density at radius 1 is 1.50 bits per heavy atom. The van der Waals surface area contributed by atoms with Crippen molar-refractivity contribution in [2.45, 2.75) is 19.1 Å². The molecule has 1 aromatic rings. The van der Waals surface area contributed by atoms with Gasteiger partial charge in [0.15, 0.2) is 0 Å². The molecule has 1 aromatic heterocycles. The number of ether oxygens (including phenoxy) is 1. The molecule has 16 heavy (non-hydrogen) atoms. The highest BCUT2D eigenvalue weighted by Crippen LogP contribution is 2.05. The Labute approximate surface area is 95.0 Å². The molecule has 5 nitrogen and oxygen atoms in total. The normalized spacial score (nSPS) is 14.4. The largest absolute Gasteiger partial charge is 0.389 e. The van der Waals surface area contributed by atoms with Crippen molar-refractivity contribution in [3.8, 4) is 0 Å². The van der Waals surface area contributed by atoms with E-state index in [4.69, 9.17) is 4.74 Å². The van der Waals surface area contributed by atoms with E-state index in [1.807, 2.05) is 24.5 Å². The van der Waals surface area contributed by atoms with Gasteiger partial charge in [-0.2, -0.15) is 0 Å². The Balaban J connectivity index is 2.35. The summed E-state index contributed by atoms with van der Waals surface area (Å²) in [6.45, 7) is 2.23. The highest BCUT2D eigenvalue weighted by atomic mass is 16.5. The van der Waals surface area contributed by atoms with Crippen LogP contribution < -0.4 is 5.32 Å².